The SMILES string of the molecule is Brc1cc(-c2ccccn2)nc(-c2cccc(-c3ccccn3)n2)c1. The van der Waals surface area contributed by atoms with Crippen LogP contribution in [0.1, 0.15) is 0 Å². The van der Waals surface area contributed by atoms with Crippen molar-refractivity contribution in [3.63, 3.8) is 0 Å². The summed E-state index contributed by atoms with van der Waals surface area (Å²) in [7, 11) is 0. The lowest BCUT2D eigenvalue weighted by Gasteiger charge is -2.07. The third-order valence-electron chi connectivity index (χ3n) is 3.66. The summed E-state index contributed by atoms with van der Waals surface area (Å²) < 4.78 is 0.934. The number of halogens is 1. The molecule has 0 N–H and O–H groups in total. The topological polar surface area (TPSA) is 51.6 Å². The number of pyridine rings is 4. The summed E-state index contributed by atoms with van der Waals surface area (Å²) in [6.45, 7) is 0. The van der Waals surface area contributed by atoms with Gasteiger partial charge in [-0.05, 0) is 48.5 Å². The van der Waals surface area contributed by atoms with Crippen LogP contribution in [0, 0.1) is 0 Å². The molecule has 0 fully saturated rings. The van der Waals surface area contributed by atoms with Crippen molar-refractivity contribution in [3.05, 3.63) is 83.6 Å². The molecule has 0 aliphatic carbocycles. The standard InChI is InChI=1S/C20H13BrN4/c21-14-12-19(16-7-2-4-11-23-16)25-20(13-14)18-9-5-8-17(24-18)15-6-1-3-10-22-15/h1-13H. The van der Waals surface area contributed by atoms with Crippen molar-refractivity contribution < 1.29 is 0 Å². The minimum atomic E-state index is 0.785. The van der Waals surface area contributed by atoms with E-state index in [4.69, 9.17) is 9.97 Å². The first-order chi connectivity index (χ1) is 12.3. The fourth-order valence-electron chi connectivity index (χ4n) is 2.51. The zero-order chi connectivity index (χ0) is 17.1. The van der Waals surface area contributed by atoms with Gasteiger partial charge in [-0.2, -0.15) is 0 Å². The second-order valence-corrected chi connectivity index (χ2v) is 6.31. The highest BCUT2D eigenvalue weighted by atomic mass is 79.9. The van der Waals surface area contributed by atoms with Gasteiger partial charge in [0.05, 0.1) is 34.2 Å². The van der Waals surface area contributed by atoms with Crippen LogP contribution in [0.3, 0.4) is 0 Å². The van der Waals surface area contributed by atoms with Crippen LogP contribution in [0.2, 0.25) is 0 Å². The number of aromatic nitrogens is 4. The fourth-order valence-corrected chi connectivity index (χ4v) is 2.94. The summed E-state index contributed by atoms with van der Waals surface area (Å²) in [5.41, 5.74) is 4.86. The van der Waals surface area contributed by atoms with Crippen LogP contribution in [0.4, 0.5) is 0 Å². The summed E-state index contributed by atoms with van der Waals surface area (Å²) in [5.74, 6) is 0. The summed E-state index contributed by atoms with van der Waals surface area (Å²) in [6.07, 6.45) is 3.53. The highest BCUT2D eigenvalue weighted by Gasteiger charge is 2.09. The second kappa shape index (κ2) is 6.91. The Labute approximate surface area is 153 Å². The van der Waals surface area contributed by atoms with E-state index in [2.05, 4.69) is 25.9 Å². The largest absolute Gasteiger partial charge is 0.255 e. The first kappa shape index (κ1) is 15.6. The molecule has 120 valence electrons. The summed E-state index contributed by atoms with van der Waals surface area (Å²) in [5, 5.41) is 0. The predicted molar refractivity (Wildman–Crippen MR) is 102 cm³/mol. The van der Waals surface area contributed by atoms with Crippen molar-refractivity contribution in [2.24, 2.45) is 0 Å². The smallest absolute Gasteiger partial charge is 0.0905 e. The summed E-state index contributed by atoms with van der Waals surface area (Å²) >= 11 is 3.56. The van der Waals surface area contributed by atoms with Gasteiger partial charge in [0.15, 0.2) is 0 Å². The van der Waals surface area contributed by atoms with Crippen molar-refractivity contribution in [2.75, 3.05) is 0 Å². The lowest BCUT2D eigenvalue weighted by atomic mass is 10.1. The third kappa shape index (κ3) is 3.46. The van der Waals surface area contributed by atoms with Crippen molar-refractivity contribution >= 4 is 15.9 Å². The molecule has 4 rings (SSSR count). The monoisotopic (exact) mass is 388 g/mol. The van der Waals surface area contributed by atoms with E-state index >= 15 is 0 Å². The Bertz CT molecular complexity index is 1000. The average molecular weight is 389 g/mol. The number of hydrogen-bond acceptors (Lipinski definition) is 4. The van der Waals surface area contributed by atoms with Crippen molar-refractivity contribution in [2.45, 2.75) is 0 Å². The van der Waals surface area contributed by atoms with E-state index < -0.39 is 0 Å². The van der Waals surface area contributed by atoms with E-state index in [9.17, 15) is 0 Å². The minimum Gasteiger partial charge on any atom is -0.255 e. The highest BCUT2D eigenvalue weighted by molar-refractivity contribution is 9.10. The Morgan fingerprint density at radius 2 is 1.00 bits per heavy atom. The van der Waals surface area contributed by atoms with Gasteiger partial charge in [0.25, 0.3) is 0 Å². The van der Waals surface area contributed by atoms with E-state index in [1.165, 1.54) is 0 Å². The van der Waals surface area contributed by atoms with Crippen LogP contribution in [0.25, 0.3) is 34.2 Å². The molecule has 0 unspecified atom stereocenters. The summed E-state index contributed by atoms with van der Waals surface area (Å²) in [4.78, 5) is 18.2. The third-order valence-corrected chi connectivity index (χ3v) is 4.11. The molecule has 4 aromatic rings. The Hall–Kier alpha value is -2.92. The van der Waals surface area contributed by atoms with E-state index in [0.717, 1.165) is 38.6 Å². The molecule has 0 aliphatic rings. The first-order valence-corrected chi connectivity index (χ1v) is 8.57. The van der Waals surface area contributed by atoms with Gasteiger partial charge in [-0.25, -0.2) is 9.97 Å². The molecule has 0 spiro atoms. The van der Waals surface area contributed by atoms with Crippen LogP contribution in [0.5, 0.6) is 0 Å². The van der Waals surface area contributed by atoms with Gasteiger partial charge in [0.1, 0.15) is 0 Å². The van der Waals surface area contributed by atoms with E-state index in [0.29, 0.717) is 0 Å². The van der Waals surface area contributed by atoms with Gasteiger partial charge in [0.2, 0.25) is 0 Å². The molecule has 4 aromatic heterocycles. The van der Waals surface area contributed by atoms with Crippen molar-refractivity contribution in [1.29, 1.82) is 0 Å². The van der Waals surface area contributed by atoms with Crippen LogP contribution in [-0.2, 0) is 0 Å². The molecule has 0 atom stereocenters. The number of rotatable bonds is 3. The summed E-state index contributed by atoms with van der Waals surface area (Å²) in [6, 6.07) is 21.3. The van der Waals surface area contributed by atoms with Gasteiger partial charge in [-0.1, -0.05) is 34.1 Å². The van der Waals surface area contributed by atoms with Crippen LogP contribution >= 0.6 is 15.9 Å². The van der Waals surface area contributed by atoms with Crippen molar-refractivity contribution in [1.82, 2.24) is 19.9 Å². The fraction of sp³-hybridized carbons (Fsp3) is 0. The quantitative estimate of drug-likeness (QED) is 0.493. The molecule has 0 saturated heterocycles. The molecule has 0 aliphatic heterocycles. The molecular formula is C20H13BrN4. The lowest BCUT2D eigenvalue weighted by Crippen LogP contribution is -1.94. The second-order valence-electron chi connectivity index (χ2n) is 5.39. The number of nitrogens with zero attached hydrogens (tertiary/aromatic N) is 4. The van der Waals surface area contributed by atoms with Crippen LogP contribution < -0.4 is 0 Å². The lowest BCUT2D eigenvalue weighted by molar-refractivity contribution is 1.20. The molecular weight excluding hydrogens is 376 g/mol. The molecule has 0 saturated carbocycles. The molecule has 0 aromatic carbocycles. The Morgan fingerprint density at radius 3 is 1.60 bits per heavy atom. The molecule has 0 radical (unpaired) electrons. The maximum atomic E-state index is 4.73. The molecule has 0 amide bonds. The van der Waals surface area contributed by atoms with Crippen LogP contribution in [-0.4, -0.2) is 19.9 Å². The van der Waals surface area contributed by atoms with E-state index in [1.807, 2.05) is 66.7 Å². The van der Waals surface area contributed by atoms with Gasteiger partial charge in [-0.3, -0.25) is 9.97 Å². The molecule has 4 heterocycles. The first-order valence-electron chi connectivity index (χ1n) is 7.77. The van der Waals surface area contributed by atoms with E-state index in [-0.39, 0.29) is 0 Å². The minimum absolute atomic E-state index is 0.785. The molecule has 5 heteroatoms. The zero-order valence-electron chi connectivity index (χ0n) is 13.2. The van der Waals surface area contributed by atoms with E-state index in [1.54, 1.807) is 12.4 Å². The average Bonchev–Trinajstić information content (AvgIpc) is 2.69. The van der Waals surface area contributed by atoms with Gasteiger partial charge in [0, 0.05) is 16.9 Å². The molecule has 25 heavy (non-hydrogen) atoms. The van der Waals surface area contributed by atoms with Gasteiger partial charge < -0.3 is 0 Å². The predicted octanol–water partition coefficient (Wildman–Crippen LogP) is 5.03. The van der Waals surface area contributed by atoms with Crippen molar-refractivity contribution in [3.8, 4) is 34.2 Å². The number of hydrogen-bond donors (Lipinski definition) is 0. The maximum Gasteiger partial charge on any atom is 0.0905 e. The van der Waals surface area contributed by atoms with Crippen LogP contribution in [0.15, 0.2) is 83.6 Å². The highest BCUT2D eigenvalue weighted by Crippen LogP contribution is 2.26. The Morgan fingerprint density at radius 1 is 0.520 bits per heavy atom. The van der Waals surface area contributed by atoms with Gasteiger partial charge >= 0.3 is 0 Å². The normalized spacial score (nSPS) is 10.6. The molecule has 4 nitrogen and oxygen atoms in total. The van der Waals surface area contributed by atoms with Gasteiger partial charge in [-0.15, -0.1) is 0 Å². The Kier molecular flexibility index (Phi) is 4.31. The Balaban J connectivity index is 1.79. The maximum absolute atomic E-state index is 4.73. The molecule has 0 bridgehead atoms. The zero-order valence-corrected chi connectivity index (χ0v) is 14.8.